The minimum absolute atomic E-state index is 0.0374. The zero-order chi connectivity index (χ0) is 22.1. The van der Waals surface area contributed by atoms with E-state index in [-0.39, 0.29) is 11.9 Å². The minimum Gasteiger partial charge on any atom is -0.480 e. The van der Waals surface area contributed by atoms with E-state index in [1.807, 2.05) is 44.2 Å². The van der Waals surface area contributed by atoms with E-state index in [0.29, 0.717) is 28.3 Å². The van der Waals surface area contributed by atoms with E-state index in [1.165, 1.54) is 4.57 Å². The molecule has 0 aliphatic carbocycles. The number of rotatable bonds is 6. The van der Waals surface area contributed by atoms with E-state index < -0.39 is 18.1 Å². The third-order valence-electron chi connectivity index (χ3n) is 5.10. The summed E-state index contributed by atoms with van der Waals surface area (Å²) < 4.78 is 6.80. The number of aliphatic carboxylic acids is 1. The average molecular weight is 419 g/mol. The maximum atomic E-state index is 13.3. The van der Waals surface area contributed by atoms with Crippen LogP contribution in [0.15, 0.2) is 51.8 Å². The third-order valence-corrected chi connectivity index (χ3v) is 5.10. The maximum Gasteiger partial charge on any atom is 0.322 e. The molecule has 4 rings (SSSR count). The normalized spacial score (nSPS) is 12.1. The van der Waals surface area contributed by atoms with Crippen LogP contribution in [0, 0.1) is 13.8 Å². The van der Waals surface area contributed by atoms with Crippen LogP contribution in [0.4, 0.5) is 5.82 Å². The fourth-order valence-corrected chi connectivity index (χ4v) is 3.59. The highest BCUT2D eigenvalue weighted by atomic mass is 16.5. The van der Waals surface area contributed by atoms with Crippen LogP contribution in [0.1, 0.15) is 30.0 Å². The first-order chi connectivity index (χ1) is 14.9. The van der Waals surface area contributed by atoms with E-state index in [9.17, 15) is 9.59 Å². The lowest BCUT2D eigenvalue weighted by molar-refractivity contribution is -0.134. The molecule has 1 aromatic carbocycles. The van der Waals surface area contributed by atoms with Crippen LogP contribution in [0.3, 0.4) is 0 Å². The van der Waals surface area contributed by atoms with Crippen LogP contribution < -0.4 is 10.9 Å². The second-order valence-electron chi connectivity index (χ2n) is 7.21. The number of nitrogens with zero attached hydrogens (tertiary/aromatic N) is 4. The maximum absolute atomic E-state index is 13.3. The van der Waals surface area contributed by atoms with E-state index in [0.717, 1.165) is 11.1 Å². The molecule has 9 heteroatoms. The third kappa shape index (κ3) is 3.77. The van der Waals surface area contributed by atoms with Gasteiger partial charge in [-0.3, -0.25) is 14.2 Å². The number of hydrogen-bond acceptors (Lipinski definition) is 7. The topological polar surface area (TPSA) is 123 Å². The number of carboxylic acid groups (broad SMARTS) is 1. The van der Waals surface area contributed by atoms with E-state index >= 15 is 0 Å². The fourth-order valence-electron chi connectivity index (χ4n) is 3.59. The van der Waals surface area contributed by atoms with Gasteiger partial charge < -0.3 is 14.9 Å². The largest absolute Gasteiger partial charge is 0.480 e. The van der Waals surface area contributed by atoms with Gasteiger partial charge in [-0.1, -0.05) is 35.5 Å². The van der Waals surface area contributed by atoms with Gasteiger partial charge in [-0.25, -0.2) is 9.97 Å². The summed E-state index contributed by atoms with van der Waals surface area (Å²) in [6.07, 6.45) is 0. The molecule has 3 aromatic heterocycles. The minimum atomic E-state index is -1.09. The van der Waals surface area contributed by atoms with Crippen molar-refractivity contribution in [2.45, 2.75) is 26.8 Å². The van der Waals surface area contributed by atoms with Crippen molar-refractivity contribution in [3.05, 3.63) is 69.8 Å². The van der Waals surface area contributed by atoms with Crippen LogP contribution in [0.25, 0.3) is 22.4 Å². The Labute approximate surface area is 177 Å². The molecule has 0 saturated heterocycles. The lowest BCUT2D eigenvalue weighted by Crippen LogP contribution is -2.30. The zero-order valence-corrected chi connectivity index (χ0v) is 17.3. The highest BCUT2D eigenvalue weighted by Crippen LogP contribution is 2.28. The molecule has 0 unspecified atom stereocenters. The predicted octanol–water partition coefficient (Wildman–Crippen LogP) is 3.17. The molecule has 0 fully saturated rings. The van der Waals surface area contributed by atoms with Crippen molar-refractivity contribution in [3.8, 4) is 11.3 Å². The molecule has 0 aliphatic rings. The Morgan fingerprint density at radius 1 is 1.16 bits per heavy atom. The molecule has 31 heavy (non-hydrogen) atoms. The summed E-state index contributed by atoms with van der Waals surface area (Å²) in [5, 5.41) is 15.6. The Balaban J connectivity index is 1.97. The van der Waals surface area contributed by atoms with Gasteiger partial charge in [-0.15, -0.1) is 0 Å². The number of carboxylic acids is 1. The fraction of sp³-hybridized carbons (Fsp3) is 0.227. The summed E-state index contributed by atoms with van der Waals surface area (Å²) in [4.78, 5) is 33.4. The zero-order valence-electron chi connectivity index (χ0n) is 17.3. The number of pyridine rings is 1. The molecule has 0 saturated carbocycles. The van der Waals surface area contributed by atoms with E-state index in [2.05, 4.69) is 15.5 Å². The first-order valence-electron chi connectivity index (χ1n) is 9.74. The number of aryl methyl sites for hydroxylation is 2. The monoisotopic (exact) mass is 419 g/mol. The SMILES string of the molecule is Cc1noc(C)c1-c1ccc2nc(NCC(=O)O)c(=O)n([C@@H](C)c3ccccc3)c2n1. The molecular weight excluding hydrogens is 398 g/mol. The van der Waals surface area contributed by atoms with Crippen molar-refractivity contribution < 1.29 is 14.4 Å². The van der Waals surface area contributed by atoms with Crippen molar-refractivity contribution >= 4 is 23.0 Å². The number of anilines is 1. The quantitative estimate of drug-likeness (QED) is 0.488. The number of fused-ring (bicyclic) bond motifs is 1. The van der Waals surface area contributed by atoms with Crippen LogP contribution in [-0.4, -0.2) is 37.3 Å². The first kappa shape index (κ1) is 20.3. The summed E-state index contributed by atoms with van der Waals surface area (Å²) in [5.74, 6) is -0.498. The Bertz CT molecular complexity index is 1310. The Morgan fingerprint density at radius 3 is 2.55 bits per heavy atom. The van der Waals surface area contributed by atoms with Gasteiger partial charge >= 0.3 is 5.97 Å². The van der Waals surface area contributed by atoms with Crippen LogP contribution in [0.5, 0.6) is 0 Å². The summed E-state index contributed by atoms with van der Waals surface area (Å²) in [6.45, 7) is 5.10. The Kier molecular flexibility index (Phi) is 5.24. The van der Waals surface area contributed by atoms with Crippen molar-refractivity contribution in [2.24, 2.45) is 0 Å². The van der Waals surface area contributed by atoms with Gasteiger partial charge in [0.05, 0.1) is 23.0 Å². The molecule has 0 spiro atoms. The van der Waals surface area contributed by atoms with Crippen LogP contribution in [-0.2, 0) is 4.79 Å². The first-order valence-corrected chi connectivity index (χ1v) is 9.74. The van der Waals surface area contributed by atoms with Crippen molar-refractivity contribution in [1.29, 1.82) is 0 Å². The molecule has 0 radical (unpaired) electrons. The second kappa shape index (κ2) is 8.02. The highest BCUT2D eigenvalue weighted by Gasteiger charge is 2.20. The van der Waals surface area contributed by atoms with Crippen LogP contribution >= 0.6 is 0 Å². The van der Waals surface area contributed by atoms with Crippen molar-refractivity contribution in [2.75, 3.05) is 11.9 Å². The average Bonchev–Trinajstić information content (AvgIpc) is 3.10. The molecular formula is C22H21N5O4. The standard InChI is InChI=1S/C22H21N5O4/c1-12-19(14(3)31-26-12)16-9-10-17-21(25-16)27(13(2)15-7-5-4-6-8-15)22(30)20(24-17)23-11-18(28)29/h4-10,13H,11H2,1-3H3,(H,23,24)(H,28,29)/t13-/m0/s1. The van der Waals surface area contributed by atoms with Gasteiger partial charge in [0.2, 0.25) is 0 Å². The highest BCUT2D eigenvalue weighted by molar-refractivity contribution is 5.78. The molecule has 2 N–H and O–H groups in total. The molecule has 4 aromatic rings. The van der Waals surface area contributed by atoms with E-state index in [4.69, 9.17) is 14.6 Å². The number of nitrogens with one attached hydrogen (secondary N) is 1. The van der Waals surface area contributed by atoms with Crippen molar-refractivity contribution in [1.82, 2.24) is 19.7 Å². The Morgan fingerprint density at radius 2 is 1.90 bits per heavy atom. The number of carbonyl (C=O) groups is 1. The summed E-state index contributed by atoms with van der Waals surface area (Å²) in [5.41, 5.74) is 3.39. The summed E-state index contributed by atoms with van der Waals surface area (Å²) in [7, 11) is 0. The van der Waals surface area contributed by atoms with Crippen molar-refractivity contribution in [3.63, 3.8) is 0 Å². The molecule has 1 atom stereocenters. The van der Waals surface area contributed by atoms with Gasteiger partial charge in [-0.2, -0.15) is 0 Å². The predicted molar refractivity (Wildman–Crippen MR) is 115 cm³/mol. The smallest absolute Gasteiger partial charge is 0.322 e. The number of benzene rings is 1. The Hall–Kier alpha value is -4.01. The summed E-state index contributed by atoms with van der Waals surface area (Å²) in [6, 6.07) is 12.7. The number of aromatic nitrogens is 4. The molecule has 0 aliphatic heterocycles. The van der Waals surface area contributed by atoms with Crippen LogP contribution in [0.2, 0.25) is 0 Å². The second-order valence-corrected chi connectivity index (χ2v) is 7.21. The molecule has 158 valence electrons. The van der Waals surface area contributed by atoms with Gasteiger partial charge in [-0.05, 0) is 38.5 Å². The van der Waals surface area contributed by atoms with Gasteiger partial charge in [0, 0.05) is 0 Å². The van der Waals surface area contributed by atoms with Gasteiger partial charge in [0.15, 0.2) is 11.5 Å². The summed E-state index contributed by atoms with van der Waals surface area (Å²) >= 11 is 0. The molecule has 0 amide bonds. The molecule has 0 bridgehead atoms. The molecule has 9 nitrogen and oxygen atoms in total. The molecule has 3 heterocycles. The lowest BCUT2D eigenvalue weighted by atomic mass is 10.1. The number of hydrogen-bond donors (Lipinski definition) is 2. The lowest BCUT2D eigenvalue weighted by Gasteiger charge is -2.19. The van der Waals surface area contributed by atoms with E-state index in [1.54, 1.807) is 19.1 Å². The van der Waals surface area contributed by atoms with Gasteiger partial charge in [0.25, 0.3) is 5.56 Å². The van der Waals surface area contributed by atoms with Gasteiger partial charge in [0.1, 0.15) is 17.8 Å².